The van der Waals surface area contributed by atoms with E-state index in [1.807, 2.05) is 97.9 Å². The van der Waals surface area contributed by atoms with Gasteiger partial charge >= 0.3 is 0 Å². The first-order chi connectivity index (χ1) is 56.6. The van der Waals surface area contributed by atoms with E-state index >= 15 is 4.39 Å². The highest BCUT2D eigenvalue weighted by Crippen LogP contribution is 2.38. The van der Waals surface area contributed by atoms with Gasteiger partial charge in [0.05, 0.1) is 16.2 Å². The third-order valence-corrected chi connectivity index (χ3v) is 24.5. The maximum atomic E-state index is 15.2. The van der Waals surface area contributed by atoms with Crippen molar-refractivity contribution >= 4 is 54.5 Å². The van der Waals surface area contributed by atoms with Crippen LogP contribution in [-0.4, -0.2) is 0 Å². The van der Waals surface area contributed by atoms with Crippen LogP contribution in [0, 0.1) is 112 Å². The van der Waals surface area contributed by atoms with E-state index in [1.165, 1.54) is 94.6 Å². The molecule has 0 aliphatic heterocycles. The summed E-state index contributed by atoms with van der Waals surface area (Å²) in [6.07, 6.45) is 0. The molecule has 0 aliphatic carbocycles. The predicted octanol–water partition coefficient (Wildman–Crippen LogP) is 27.8. The van der Waals surface area contributed by atoms with Crippen molar-refractivity contribution in [2.75, 3.05) is 0 Å². The predicted molar refractivity (Wildman–Crippen MR) is 494 cm³/mol. The van der Waals surface area contributed by atoms with Crippen LogP contribution in [0.2, 0.25) is 0 Å². The largest absolute Gasteiger partial charge is 0.213 e. The van der Waals surface area contributed by atoms with Gasteiger partial charge in [0.25, 0.3) is 0 Å². The first kappa shape index (κ1) is 89.7. The second kappa shape index (κ2) is 36.9. The van der Waals surface area contributed by atoms with Crippen molar-refractivity contribution < 1.29 is 44.8 Å². The van der Waals surface area contributed by atoms with Crippen LogP contribution in [0.5, 0.6) is 0 Å². The van der Waals surface area contributed by atoms with Gasteiger partial charge in [-0.3, -0.25) is 0 Å². The number of nitrogens with zero attached hydrogens (tertiary/aromatic N) is 5. The molecule has 10 aromatic carbocycles. The zero-order chi connectivity index (χ0) is 87.8. The fourth-order valence-electron chi connectivity index (χ4n) is 17.4. The van der Waals surface area contributed by atoms with Crippen LogP contribution in [0.15, 0.2) is 194 Å². The third-order valence-electron chi connectivity index (χ3n) is 24.5. The fourth-order valence-corrected chi connectivity index (χ4v) is 17.4. The van der Waals surface area contributed by atoms with Crippen molar-refractivity contribution in [3.63, 3.8) is 0 Å². The molecule has 0 fully saturated rings. The molecule has 5 heterocycles. The van der Waals surface area contributed by atoms with Gasteiger partial charge in [0.15, 0.2) is 0 Å². The molecule has 0 N–H and O–H groups in total. The Labute approximate surface area is 711 Å². The van der Waals surface area contributed by atoms with E-state index in [0.717, 1.165) is 116 Å². The van der Waals surface area contributed by atoms with Crippen LogP contribution in [0.4, 0.5) is 22.0 Å². The highest BCUT2D eigenvalue weighted by atomic mass is 19.1. The Morgan fingerprint density at radius 3 is 0.825 bits per heavy atom. The molecular formula is C110H125F5N5+5. The van der Waals surface area contributed by atoms with Crippen molar-refractivity contribution in [3.8, 4) is 56.3 Å². The first-order valence-corrected chi connectivity index (χ1v) is 42.6. The van der Waals surface area contributed by atoms with Gasteiger partial charge < -0.3 is 0 Å². The summed E-state index contributed by atoms with van der Waals surface area (Å²) in [5.41, 5.74) is 37.3. The molecule has 120 heavy (non-hydrogen) atoms. The van der Waals surface area contributed by atoms with Crippen LogP contribution in [0.25, 0.3) is 111 Å². The molecular weight excluding hydrogens is 1490 g/mol. The summed E-state index contributed by atoms with van der Waals surface area (Å²) in [7, 11) is 10.3. The summed E-state index contributed by atoms with van der Waals surface area (Å²) in [5.74, 6) is 0.433. The minimum absolute atomic E-state index is 0.0398. The van der Waals surface area contributed by atoms with Crippen LogP contribution in [-0.2, 0) is 35.2 Å². The van der Waals surface area contributed by atoms with E-state index in [2.05, 4.69) is 296 Å². The molecule has 620 valence electrons. The standard InChI is InChI=1S/C24H29FN.2C22H25FN.2C21H23FN/c1-14(2)19-13-22-18(23(15(3)4)24(19)25)10-11-21(26(22)7)20-12-16(5)8-9-17(20)6;1-13(2)22-17-7-9-21(24(6)20(17)10-8-19(22)23)18-12-14(3)11-15(4)16(18)5;1-13(2)18-12-22-17(11-20(18)23)7-8-21(24(22)6)19-10-14(3)9-15(4)16(19)5;1-13(2)21-16-8-10-20(17-12-14(3)6-7-15(17)4)23(5)19(16)11-9-18(21)22;1-13(2)17-12-21-16(11-19(17)22)8-9-20(23(21)5)18-10-14(3)6-7-15(18)4/h8-15H,1-7H3;2*7-13H,1-6H3;2*6-13H,1-5H3/q5*+1. The fraction of sp³-hybridized carbons (Fsp3) is 0.318. The maximum absolute atomic E-state index is 15.2. The lowest BCUT2D eigenvalue weighted by Gasteiger charge is -2.17. The SMILES string of the molecule is Cc1cc(C)c(C)c(-c2ccc3c(C(C)C)c(F)ccc3[n+]2C)c1.Cc1cc(C)c(C)c(-c2ccc3cc(F)c(C(C)C)cc3[n+]2C)c1.Cc1ccc(C)c(-c2ccc3c(C(C)C)c(F)c(C(C)C)cc3[n+]2C)c1.Cc1ccc(C)c(-c2ccc3c(C(C)C)c(F)ccc3[n+]2C)c1.Cc1ccc(C)c(-c2ccc3cc(F)c(C(C)C)cc3[n+]2C)c1. The summed E-state index contributed by atoms with van der Waals surface area (Å²) < 4.78 is 83.1. The molecule has 15 rings (SSSR count). The lowest BCUT2D eigenvalue weighted by atomic mass is 9.90. The summed E-state index contributed by atoms with van der Waals surface area (Å²) in [4.78, 5) is 0. The lowest BCUT2D eigenvalue weighted by molar-refractivity contribution is -0.633. The number of fused-ring (bicyclic) bond motifs is 5. The van der Waals surface area contributed by atoms with E-state index in [4.69, 9.17) is 0 Å². The number of hydrogen-bond donors (Lipinski definition) is 0. The normalized spacial score (nSPS) is 11.5. The van der Waals surface area contributed by atoms with E-state index in [1.54, 1.807) is 24.3 Å². The van der Waals surface area contributed by atoms with Gasteiger partial charge in [-0.25, -0.2) is 22.0 Å². The van der Waals surface area contributed by atoms with Gasteiger partial charge in [0.1, 0.15) is 64.3 Å². The van der Waals surface area contributed by atoms with E-state index in [9.17, 15) is 17.6 Å². The number of hydrogen-bond acceptors (Lipinski definition) is 0. The molecule has 0 unspecified atom stereocenters. The van der Waals surface area contributed by atoms with Gasteiger partial charge in [0.2, 0.25) is 56.1 Å². The Morgan fingerprint density at radius 2 is 0.500 bits per heavy atom. The minimum Gasteiger partial charge on any atom is -0.207 e. The quantitative estimate of drug-likeness (QED) is 0.0908. The molecule has 0 aliphatic rings. The smallest absolute Gasteiger partial charge is 0.207 e. The van der Waals surface area contributed by atoms with Crippen molar-refractivity contribution in [3.05, 3.63) is 323 Å². The molecule has 5 aromatic heterocycles. The van der Waals surface area contributed by atoms with E-state index < -0.39 is 0 Å². The topological polar surface area (TPSA) is 19.4 Å². The van der Waals surface area contributed by atoms with Crippen LogP contribution < -0.4 is 22.8 Å². The van der Waals surface area contributed by atoms with Gasteiger partial charge in [0, 0.05) is 116 Å². The Morgan fingerprint density at radius 1 is 0.217 bits per heavy atom. The van der Waals surface area contributed by atoms with Gasteiger partial charge in [-0.05, 0) is 259 Å². The van der Waals surface area contributed by atoms with Crippen LogP contribution in [0.3, 0.4) is 0 Å². The van der Waals surface area contributed by atoms with Crippen LogP contribution in [0.1, 0.15) is 219 Å². The summed E-state index contributed by atoms with van der Waals surface area (Å²) in [6.45, 7) is 50.2. The Hall–Kier alpha value is -11.1. The highest BCUT2D eigenvalue weighted by molar-refractivity contribution is 5.86. The summed E-state index contributed by atoms with van der Waals surface area (Å²) in [6, 6.07) is 65.5. The molecule has 0 radical (unpaired) electrons. The van der Waals surface area contributed by atoms with Gasteiger partial charge in [-0.2, -0.15) is 22.8 Å². The molecule has 0 atom stereocenters. The van der Waals surface area contributed by atoms with E-state index in [0.29, 0.717) is 0 Å². The van der Waals surface area contributed by atoms with Crippen molar-refractivity contribution in [1.82, 2.24) is 0 Å². The highest BCUT2D eigenvalue weighted by Gasteiger charge is 2.29. The average molecular weight is 1610 g/mol. The van der Waals surface area contributed by atoms with Gasteiger partial charge in [-0.1, -0.05) is 159 Å². The average Bonchev–Trinajstić information content (AvgIpc) is 0.747. The van der Waals surface area contributed by atoms with Gasteiger partial charge in [-0.15, -0.1) is 0 Å². The lowest BCUT2D eigenvalue weighted by Crippen LogP contribution is -2.33. The maximum Gasteiger partial charge on any atom is 0.213 e. The Kier molecular flexibility index (Phi) is 27.5. The molecule has 0 spiro atoms. The monoisotopic (exact) mass is 1610 g/mol. The second-order valence-electron chi connectivity index (χ2n) is 35.6. The zero-order valence-electron chi connectivity index (χ0n) is 76.6. The molecule has 0 saturated carbocycles. The van der Waals surface area contributed by atoms with Crippen molar-refractivity contribution in [2.24, 2.45) is 35.2 Å². The van der Waals surface area contributed by atoms with Crippen molar-refractivity contribution in [1.29, 1.82) is 0 Å². The number of benzene rings is 10. The number of rotatable bonds is 11. The van der Waals surface area contributed by atoms with E-state index in [-0.39, 0.29) is 64.6 Å². The number of halogens is 5. The van der Waals surface area contributed by atoms with Crippen molar-refractivity contribution in [2.45, 2.75) is 202 Å². The minimum atomic E-state index is -0.119. The molecule has 15 aromatic rings. The second-order valence-corrected chi connectivity index (χ2v) is 35.6. The zero-order valence-corrected chi connectivity index (χ0v) is 76.6. The summed E-state index contributed by atoms with van der Waals surface area (Å²) in [5, 5.41) is 4.88. The molecule has 0 amide bonds. The Balaban J connectivity index is 0.000000147. The van der Waals surface area contributed by atoms with Crippen LogP contribution >= 0.6 is 0 Å². The molecule has 10 heteroatoms. The third kappa shape index (κ3) is 18.5. The first-order valence-electron chi connectivity index (χ1n) is 42.6. The Bertz CT molecular complexity index is 6320. The molecule has 0 bridgehead atoms. The molecule has 5 nitrogen and oxygen atoms in total. The number of pyridine rings is 5. The number of aromatic nitrogens is 5. The molecule has 0 saturated heterocycles. The summed E-state index contributed by atoms with van der Waals surface area (Å²) >= 11 is 0. The number of aryl methyl sites for hydroxylation is 15.